The number of hydrogen-bond acceptors (Lipinski definition) is 7. The number of carboxylic acid groups (broad SMARTS) is 1. The Hall–Kier alpha value is -3.17. The Kier molecular flexibility index (Phi) is 6.86. The van der Waals surface area contributed by atoms with E-state index in [9.17, 15) is 19.5 Å². The zero-order valence-corrected chi connectivity index (χ0v) is 17.5. The van der Waals surface area contributed by atoms with Crippen molar-refractivity contribution in [3.8, 4) is 5.75 Å². The largest absolute Gasteiger partial charge is 0.545 e. The minimum atomic E-state index is -1.33. The first-order chi connectivity index (χ1) is 14.4. The maximum atomic E-state index is 12.3. The number of amides is 2. The van der Waals surface area contributed by atoms with Crippen molar-refractivity contribution in [1.82, 2.24) is 4.90 Å². The van der Waals surface area contributed by atoms with Crippen LogP contribution in [0.5, 0.6) is 5.75 Å². The minimum Gasteiger partial charge on any atom is -0.545 e. The van der Waals surface area contributed by atoms with Gasteiger partial charge in [-0.3, -0.25) is 14.5 Å². The summed E-state index contributed by atoms with van der Waals surface area (Å²) in [5.41, 5.74) is 1.18. The van der Waals surface area contributed by atoms with E-state index in [1.807, 2.05) is 30.3 Å². The predicted molar refractivity (Wildman–Crippen MR) is 117 cm³/mol. The lowest BCUT2D eigenvalue weighted by Crippen LogP contribution is -2.30. The van der Waals surface area contributed by atoms with E-state index in [2.05, 4.69) is 5.32 Å². The normalized spacial score (nSPS) is 14.8. The van der Waals surface area contributed by atoms with E-state index in [-0.39, 0.29) is 29.7 Å². The van der Waals surface area contributed by atoms with Gasteiger partial charge in [-0.1, -0.05) is 36.5 Å². The summed E-state index contributed by atoms with van der Waals surface area (Å²) in [7, 11) is 1.59. The fraction of sp³-hybridized carbons (Fsp3) is 0.143. The summed E-state index contributed by atoms with van der Waals surface area (Å²) in [6.07, 6.45) is 1.83. The number of carbonyl (C=O) groups excluding carboxylic acids is 3. The Bertz CT molecular complexity index is 1030. The molecule has 9 heteroatoms. The van der Waals surface area contributed by atoms with Crippen LogP contribution in [0.15, 0.2) is 53.4 Å². The molecule has 0 saturated carbocycles. The summed E-state index contributed by atoms with van der Waals surface area (Å²) in [6.45, 7) is 0.122. The van der Waals surface area contributed by atoms with Crippen molar-refractivity contribution in [3.63, 3.8) is 0 Å². The van der Waals surface area contributed by atoms with Gasteiger partial charge in [-0.2, -0.15) is 0 Å². The van der Waals surface area contributed by atoms with Gasteiger partial charge in [-0.25, -0.2) is 0 Å². The highest BCUT2D eigenvalue weighted by molar-refractivity contribution is 8.19. The Morgan fingerprint density at radius 3 is 2.63 bits per heavy atom. The van der Waals surface area contributed by atoms with Crippen LogP contribution in [0.3, 0.4) is 0 Å². The fourth-order valence-electron chi connectivity index (χ4n) is 2.71. The van der Waals surface area contributed by atoms with Crippen LogP contribution in [0.1, 0.15) is 22.3 Å². The van der Waals surface area contributed by atoms with Crippen LogP contribution in [0, 0.1) is 0 Å². The number of benzene rings is 2. The molecule has 0 atom stereocenters. The first-order valence-corrected chi connectivity index (χ1v) is 10.1. The number of carboxylic acids is 1. The van der Waals surface area contributed by atoms with Gasteiger partial charge in [-0.05, 0) is 53.2 Å². The molecule has 7 nitrogen and oxygen atoms in total. The second-order valence-corrected chi connectivity index (χ2v) is 7.65. The van der Waals surface area contributed by atoms with Crippen molar-refractivity contribution < 1.29 is 24.2 Å². The number of anilines is 1. The number of ether oxygens (including phenoxy) is 1. The Morgan fingerprint density at radius 2 is 1.97 bits per heavy atom. The van der Waals surface area contributed by atoms with Crippen molar-refractivity contribution in [2.45, 2.75) is 6.42 Å². The number of nitrogens with zero attached hydrogens (tertiary/aromatic N) is 1. The SMILES string of the molecule is COc1ccc(/C=C2/SC(=O)N(CCC(=O)Nc3cccc(C(=O)[O-])c3)C2=S)cc1. The van der Waals surface area contributed by atoms with Crippen LogP contribution in [0.25, 0.3) is 6.08 Å². The fourth-order valence-corrected chi connectivity index (χ4v) is 3.99. The Labute approximate surface area is 182 Å². The third-order valence-electron chi connectivity index (χ3n) is 4.23. The van der Waals surface area contributed by atoms with Crippen molar-refractivity contribution in [3.05, 3.63) is 64.6 Å². The van der Waals surface area contributed by atoms with Crippen LogP contribution in [-0.2, 0) is 4.79 Å². The summed E-state index contributed by atoms with van der Waals surface area (Å²) in [5, 5.41) is 13.3. The molecule has 3 rings (SSSR count). The second-order valence-electron chi connectivity index (χ2n) is 6.27. The van der Waals surface area contributed by atoms with Gasteiger partial charge >= 0.3 is 0 Å². The van der Waals surface area contributed by atoms with Crippen molar-refractivity contribution in [2.24, 2.45) is 0 Å². The number of thioether (sulfide) groups is 1. The van der Waals surface area contributed by atoms with Crippen LogP contribution in [-0.4, -0.2) is 40.7 Å². The highest BCUT2D eigenvalue weighted by Gasteiger charge is 2.31. The molecule has 1 aliphatic rings. The molecule has 0 aromatic heterocycles. The van der Waals surface area contributed by atoms with Gasteiger partial charge in [-0.15, -0.1) is 0 Å². The lowest BCUT2D eigenvalue weighted by molar-refractivity contribution is -0.255. The maximum Gasteiger partial charge on any atom is 0.291 e. The number of hydrogen-bond donors (Lipinski definition) is 1. The molecule has 0 spiro atoms. The topological polar surface area (TPSA) is 98.8 Å². The molecule has 0 bridgehead atoms. The van der Waals surface area contributed by atoms with Crippen molar-refractivity contribution >= 4 is 57.8 Å². The summed E-state index contributed by atoms with van der Waals surface area (Å²) in [6, 6.07) is 13.1. The molecule has 2 amide bonds. The number of thiocarbonyl (C=S) groups is 1. The number of nitrogens with one attached hydrogen (secondary N) is 1. The van der Waals surface area contributed by atoms with E-state index >= 15 is 0 Å². The minimum absolute atomic E-state index is 0.0117. The van der Waals surface area contributed by atoms with E-state index < -0.39 is 5.97 Å². The summed E-state index contributed by atoms with van der Waals surface area (Å²) >= 11 is 6.42. The Balaban J connectivity index is 1.60. The first-order valence-electron chi connectivity index (χ1n) is 8.88. The molecule has 1 aliphatic heterocycles. The summed E-state index contributed by atoms with van der Waals surface area (Å²) < 4.78 is 5.13. The molecule has 1 heterocycles. The Morgan fingerprint density at radius 1 is 1.23 bits per heavy atom. The molecular formula is C21H17N2O5S2-. The van der Waals surface area contributed by atoms with Crippen molar-refractivity contribution in [1.29, 1.82) is 0 Å². The monoisotopic (exact) mass is 441 g/mol. The molecule has 1 N–H and O–H groups in total. The van der Waals surface area contributed by atoms with Crippen LogP contribution in [0.4, 0.5) is 10.5 Å². The molecular weight excluding hydrogens is 424 g/mol. The van der Waals surface area contributed by atoms with Gasteiger partial charge in [0.25, 0.3) is 5.24 Å². The van der Waals surface area contributed by atoms with E-state index in [0.717, 1.165) is 23.1 Å². The molecule has 1 fully saturated rings. The zero-order valence-electron chi connectivity index (χ0n) is 15.9. The third-order valence-corrected chi connectivity index (χ3v) is 5.73. The maximum absolute atomic E-state index is 12.3. The molecule has 2 aromatic rings. The number of aromatic carboxylic acids is 1. The quantitative estimate of drug-likeness (QED) is 0.521. The molecule has 1 saturated heterocycles. The summed E-state index contributed by atoms with van der Waals surface area (Å²) in [4.78, 5) is 37.8. The van der Waals surface area contributed by atoms with E-state index in [1.54, 1.807) is 13.2 Å². The molecule has 30 heavy (non-hydrogen) atoms. The second kappa shape index (κ2) is 9.55. The highest BCUT2D eigenvalue weighted by Crippen LogP contribution is 2.33. The molecule has 154 valence electrons. The number of methoxy groups -OCH3 is 1. The van der Waals surface area contributed by atoms with Gasteiger partial charge < -0.3 is 20.0 Å². The molecule has 2 aromatic carbocycles. The predicted octanol–water partition coefficient (Wildman–Crippen LogP) is 2.92. The van der Waals surface area contributed by atoms with E-state index in [0.29, 0.717) is 15.6 Å². The standard InChI is InChI=1S/C21H18N2O5S2/c1-28-16-7-5-13(6-8-16)11-17-19(29)23(21(27)30-17)10-9-18(24)22-15-4-2-3-14(12-15)20(25)26/h2-8,11-12H,9-10H2,1H3,(H,22,24)(H,25,26)/p-1/b17-11+. The van der Waals surface area contributed by atoms with E-state index in [4.69, 9.17) is 17.0 Å². The average Bonchev–Trinajstić information content (AvgIpc) is 2.99. The van der Waals surface area contributed by atoms with Gasteiger partial charge in [0.05, 0.1) is 18.0 Å². The van der Waals surface area contributed by atoms with Gasteiger partial charge in [0.15, 0.2) is 0 Å². The number of carbonyl (C=O) groups is 3. The van der Waals surface area contributed by atoms with Crippen molar-refractivity contribution in [2.75, 3.05) is 19.0 Å². The third kappa shape index (κ3) is 5.25. The number of rotatable bonds is 7. The van der Waals surface area contributed by atoms with Gasteiger partial charge in [0.2, 0.25) is 5.91 Å². The molecule has 0 radical (unpaired) electrons. The first kappa shape index (κ1) is 21.5. The highest BCUT2D eigenvalue weighted by atomic mass is 32.2. The summed E-state index contributed by atoms with van der Waals surface area (Å²) in [5.74, 6) is -0.960. The van der Waals surface area contributed by atoms with Gasteiger partial charge in [0, 0.05) is 18.7 Å². The van der Waals surface area contributed by atoms with Crippen LogP contribution in [0.2, 0.25) is 0 Å². The zero-order chi connectivity index (χ0) is 21.7. The average molecular weight is 442 g/mol. The molecule has 0 aliphatic carbocycles. The lowest BCUT2D eigenvalue weighted by atomic mass is 10.2. The van der Waals surface area contributed by atoms with Crippen LogP contribution >= 0.6 is 24.0 Å². The lowest BCUT2D eigenvalue weighted by Gasteiger charge is -2.14. The van der Waals surface area contributed by atoms with Crippen LogP contribution < -0.4 is 15.2 Å². The van der Waals surface area contributed by atoms with Gasteiger partial charge in [0.1, 0.15) is 10.7 Å². The molecule has 0 unspecified atom stereocenters. The van der Waals surface area contributed by atoms with E-state index in [1.165, 1.54) is 23.1 Å². The smallest absolute Gasteiger partial charge is 0.291 e.